The van der Waals surface area contributed by atoms with Gasteiger partial charge < -0.3 is 15.5 Å². The van der Waals surface area contributed by atoms with E-state index in [0.717, 1.165) is 12.8 Å². The molecule has 0 bridgehead atoms. The third kappa shape index (κ3) is 4.77. The summed E-state index contributed by atoms with van der Waals surface area (Å²) in [6.45, 7) is 0. The van der Waals surface area contributed by atoms with Gasteiger partial charge in [0.25, 0.3) is 0 Å². The number of aliphatic carboxylic acids is 2. The van der Waals surface area contributed by atoms with E-state index in [0.29, 0.717) is 12.3 Å². The van der Waals surface area contributed by atoms with Crippen molar-refractivity contribution in [2.75, 3.05) is 0 Å². The van der Waals surface area contributed by atoms with Crippen LogP contribution in [0.2, 0.25) is 0 Å². The molecule has 90 valence electrons. The number of carbonyl (C=O) groups is 3. The molecule has 1 aliphatic rings. The summed E-state index contributed by atoms with van der Waals surface area (Å²) < 4.78 is 0. The Hall–Kier alpha value is -1.59. The molecule has 6 heteroatoms. The molecule has 1 fully saturated rings. The van der Waals surface area contributed by atoms with Crippen LogP contribution in [0.25, 0.3) is 0 Å². The van der Waals surface area contributed by atoms with Crippen molar-refractivity contribution in [3.05, 3.63) is 0 Å². The van der Waals surface area contributed by atoms with Crippen LogP contribution >= 0.6 is 0 Å². The van der Waals surface area contributed by atoms with Crippen molar-refractivity contribution in [2.24, 2.45) is 5.92 Å². The van der Waals surface area contributed by atoms with Gasteiger partial charge in [0.15, 0.2) is 0 Å². The normalized spacial score (nSPS) is 16.5. The van der Waals surface area contributed by atoms with Gasteiger partial charge in [0.2, 0.25) is 5.91 Å². The number of hydrogen-bond donors (Lipinski definition) is 3. The van der Waals surface area contributed by atoms with Crippen LogP contribution in [-0.4, -0.2) is 34.1 Å². The smallest absolute Gasteiger partial charge is 0.326 e. The topological polar surface area (TPSA) is 104 Å². The highest BCUT2D eigenvalue weighted by Crippen LogP contribution is 2.32. The third-order valence-electron chi connectivity index (χ3n) is 2.45. The Morgan fingerprint density at radius 3 is 2.31 bits per heavy atom. The maximum absolute atomic E-state index is 11.3. The zero-order valence-electron chi connectivity index (χ0n) is 8.81. The molecule has 1 amide bonds. The number of hydrogen-bond acceptors (Lipinski definition) is 3. The van der Waals surface area contributed by atoms with E-state index < -0.39 is 18.0 Å². The third-order valence-corrected chi connectivity index (χ3v) is 2.45. The van der Waals surface area contributed by atoms with E-state index in [2.05, 4.69) is 5.32 Å². The zero-order chi connectivity index (χ0) is 12.1. The van der Waals surface area contributed by atoms with E-state index in [4.69, 9.17) is 10.2 Å². The summed E-state index contributed by atoms with van der Waals surface area (Å²) in [6, 6.07) is -1.10. The predicted molar refractivity (Wildman–Crippen MR) is 53.8 cm³/mol. The van der Waals surface area contributed by atoms with E-state index in [1.807, 2.05) is 0 Å². The van der Waals surface area contributed by atoms with Crippen LogP contribution in [0.15, 0.2) is 0 Å². The summed E-state index contributed by atoms with van der Waals surface area (Å²) >= 11 is 0. The fourth-order valence-electron chi connectivity index (χ4n) is 1.36. The van der Waals surface area contributed by atoms with E-state index in [-0.39, 0.29) is 18.7 Å². The molecule has 0 radical (unpaired) electrons. The van der Waals surface area contributed by atoms with Crippen LogP contribution < -0.4 is 5.32 Å². The molecular formula is C10H15NO5. The van der Waals surface area contributed by atoms with Crippen LogP contribution in [0.5, 0.6) is 0 Å². The standard InChI is InChI=1S/C10H15NO5/c12-8(5-6-1-2-6)11-7(10(15)16)3-4-9(13)14/h6-7H,1-5H2,(H,11,12)(H,13,14)(H,15,16). The summed E-state index contributed by atoms with van der Waals surface area (Å²) in [5.74, 6) is -2.18. The molecule has 0 spiro atoms. The second kappa shape index (κ2) is 5.48. The highest BCUT2D eigenvalue weighted by atomic mass is 16.4. The minimum Gasteiger partial charge on any atom is -0.481 e. The number of rotatable bonds is 7. The van der Waals surface area contributed by atoms with E-state index in [1.165, 1.54) is 0 Å². The van der Waals surface area contributed by atoms with Gasteiger partial charge in [0, 0.05) is 12.8 Å². The SMILES string of the molecule is O=C(O)CCC(NC(=O)CC1CC1)C(=O)O. The zero-order valence-corrected chi connectivity index (χ0v) is 8.81. The molecule has 1 rings (SSSR count). The minimum absolute atomic E-state index is 0.0823. The van der Waals surface area contributed by atoms with Gasteiger partial charge in [0.05, 0.1) is 0 Å². The van der Waals surface area contributed by atoms with Gasteiger partial charge in [-0.25, -0.2) is 4.79 Å². The average molecular weight is 229 g/mol. The van der Waals surface area contributed by atoms with Crippen LogP contribution in [0.1, 0.15) is 32.1 Å². The summed E-state index contributed by atoms with van der Waals surface area (Å²) in [7, 11) is 0. The molecule has 0 aromatic rings. The second-order valence-electron chi connectivity index (χ2n) is 4.04. The Balaban J connectivity index is 2.33. The highest BCUT2D eigenvalue weighted by Gasteiger charge is 2.27. The van der Waals surface area contributed by atoms with Crippen molar-refractivity contribution in [1.82, 2.24) is 5.32 Å². The number of carboxylic acid groups (broad SMARTS) is 2. The fraction of sp³-hybridized carbons (Fsp3) is 0.700. The number of carboxylic acids is 2. The predicted octanol–water partition coefficient (Wildman–Crippen LogP) is 0.221. The Morgan fingerprint density at radius 2 is 1.88 bits per heavy atom. The molecule has 0 aliphatic heterocycles. The summed E-state index contributed by atoms with van der Waals surface area (Å²) in [5.41, 5.74) is 0. The van der Waals surface area contributed by atoms with Gasteiger partial charge in [-0.1, -0.05) is 0 Å². The minimum atomic E-state index is -1.19. The van der Waals surface area contributed by atoms with E-state index in [1.54, 1.807) is 0 Å². The lowest BCUT2D eigenvalue weighted by molar-refractivity contribution is -0.143. The Labute approximate surface area is 92.6 Å². The van der Waals surface area contributed by atoms with Crippen molar-refractivity contribution >= 4 is 17.8 Å². The van der Waals surface area contributed by atoms with Gasteiger partial charge >= 0.3 is 11.9 Å². The summed E-state index contributed by atoms with van der Waals surface area (Å²) in [4.78, 5) is 32.4. The van der Waals surface area contributed by atoms with Gasteiger partial charge in [-0.15, -0.1) is 0 Å². The maximum Gasteiger partial charge on any atom is 0.326 e. The first-order valence-corrected chi connectivity index (χ1v) is 5.23. The Morgan fingerprint density at radius 1 is 1.25 bits per heavy atom. The first-order valence-electron chi connectivity index (χ1n) is 5.23. The molecule has 0 saturated heterocycles. The van der Waals surface area contributed by atoms with Crippen LogP contribution in [0.4, 0.5) is 0 Å². The lowest BCUT2D eigenvalue weighted by atomic mass is 10.1. The van der Waals surface area contributed by atoms with Gasteiger partial charge in [-0.2, -0.15) is 0 Å². The first-order chi connectivity index (χ1) is 7.49. The molecule has 3 N–H and O–H groups in total. The summed E-state index contributed by atoms with van der Waals surface area (Å²) in [6.07, 6.45) is 2.03. The molecule has 1 unspecified atom stereocenters. The first kappa shape index (κ1) is 12.5. The molecule has 0 aromatic carbocycles. The monoisotopic (exact) mass is 229 g/mol. The number of amides is 1. The maximum atomic E-state index is 11.3. The molecule has 1 saturated carbocycles. The highest BCUT2D eigenvalue weighted by molar-refractivity contribution is 5.84. The van der Waals surface area contributed by atoms with E-state index >= 15 is 0 Å². The lowest BCUT2D eigenvalue weighted by Gasteiger charge is -2.13. The largest absolute Gasteiger partial charge is 0.481 e. The quantitative estimate of drug-likeness (QED) is 0.579. The fourth-order valence-corrected chi connectivity index (χ4v) is 1.36. The Bertz CT molecular complexity index is 298. The van der Waals surface area contributed by atoms with Crippen molar-refractivity contribution in [1.29, 1.82) is 0 Å². The van der Waals surface area contributed by atoms with Crippen molar-refractivity contribution < 1.29 is 24.6 Å². The molecular weight excluding hydrogens is 214 g/mol. The molecule has 6 nitrogen and oxygen atoms in total. The summed E-state index contributed by atoms with van der Waals surface area (Å²) in [5, 5.41) is 19.5. The van der Waals surface area contributed by atoms with E-state index in [9.17, 15) is 14.4 Å². The van der Waals surface area contributed by atoms with Crippen molar-refractivity contribution in [2.45, 2.75) is 38.1 Å². The van der Waals surface area contributed by atoms with Gasteiger partial charge in [-0.3, -0.25) is 9.59 Å². The molecule has 16 heavy (non-hydrogen) atoms. The van der Waals surface area contributed by atoms with Crippen molar-refractivity contribution in [3.8, 4) is 0 Å². The number of carbonyl (C=O) groups excluding carboxylic acids is 1. The van der Waals surface area contributed by atoms with Crippen LogP contribution in [0, 0.1) is 5.92 Å². The number of nitrogens with one attached hydrogen (secondary N) is 1. The van der Waals surface area contributed by atoms with Crippen LogP contribution in [0.3, 0.4) is 0 Å². The molecule has 1 aliphatic carbocycles. The Kier molecular flexibility index (Phi) is 4.28. The lowest BCUT2D eigenvalue weighted by Crippen LogP contribution is -2.41. The van der Waals surface area contributed by atoms with Gasteiger partial charge in [-0.05, 0) is 25.2 Å². The van der Waals surface area contributed by atoms with Gasteiger partial charge in [0.1, 0.15) is 6.04 Å². The molecule has 0 aromatic heterocycles. The average Bonchev–Trinajstić information content (AvgIpc) is 2.95. The molecule has 1 atom stereocenters. The second-order valence-corrected chi connectivity index (χ2v) is 4.04. The van der Waals surface area contributed by atoms with Crippen LogP contribution in [-0.2, 0) is 14.4 Å². The molecule has 0 heterocycles. The van der Waals surface area contributed by atoms with Crippen molar-refractivity contribution in [3.63, 3.8) is 0 Å².